The molecule has 3 nitrogen and oxygen atoms in total. The second kappa shape index (κ2) is 3.98. The molecular formula is C11H13FN2O. The van der Waals surface area contributed by atoms with Crippen LogP contribution in [-0.4, -0.2) is 11.9 Å². The Hall–Kier alpha value is -1.42. The third-order valence-electron chi connectivity index (χ3n) is 2.54. The summed E-state index contributed by atoms with van der Waals surface area (Å²) in [6, 6.07) is 6.19. The molecule has 80 valence electrons. The van der Waals surface area contributed by atoms with Crippen molar-refractivity contribution in [3.8, 4) is 0 Å². The van der Waals surface area contributed by atoms with Gasteiger partial charge in [0, 0.05) is 12.5 Å². The Kier molecular flexibility index (Phi) is 2.68. The van der Waals surface area contributed by atoms with Gasteiger partial charge in [-0.15, -0.1) is 0 Å². The predicted molar refractivity (Wildman–Crippen MR) is 55.7 cm³/mol. The van der Waals surface area contributed by atoms with Gasteiger partial charge in [0.25, 0.3) is 0 Å². The fourth-order valence-electron chi connectivity index (χ4n) is 1.67. The number of benzene rings is 1. The first kappa shape index (κ1) is 10.1. The van der Waals surface area contributed by atoms with Crippen molar-refractivity contribution < 1.29 is 9.18 Å². The van der Waals surface area contributed by atoms with E-state index in [1.807, 2.05) is 6.92 Å². The van der Waals surface area contributed by atoms with Gasteiger partial charge < -0.3 is 0 Å². The van der Waals surface area contributed by atoms with Crippen molar-refractivity contribution in [2.45, 2.75) is 25.8 Å². The molecule has 1 aliphatic heterocycles. The van der Waals surface area contributed by atoms with Crippen molar-refractivity contribution in [2.75, 3.05) is 5.01 Å². The number of hydrazine groups is 1. The molecule has 0 aliphatic carbocycles. The van der Waals surface area contributed by atoms with Crippen LogP contribution in [0.3, 0.4) is 0 Å². The molecule has 1 unspecified atom stereocenters. The van der Waals surface area contributed by atoms with Gasteiger partial charge in [-0.25, -0.2) is 14.8 Å². The minimum Gasteiger partial charge on any atom is -0.273 e. The second-order valence-corrected chi connectivity index (χ2v) is 3.65. The van der Waals surface area contributed by atoms with Crippen LogP contribution in [0.1, 0.15) is 19.8 Å². The van der Waals surface area contributed by atoms with Crippen LogP contribution in [-0.2, 0) is 4.79 Å². The first-order chi connectivity index (χ1) is 7.20. The Balaban J connectivity index is 2.21. The highest BCUT2D eigenvalue weighted by molar-refractivity contribution is 5.94. The fourth-order valence-corrected chi connectivity index (χ4v) is 1.67. The van der Waals surface area contributed by atoms with E-state index in [4.69, 9.17) is 0 Å². The molecule has 1 atom stereocenters. The van der Waals surface area contributed by atoms with Crippen molar-refractivity contribution in [2.24, 2.45) is 0 Å². The van der Waals surface area contributed by atoms with E-state index in [1.165, 1.54) is 17.1 Å². The van der Waals surface area contributed by atoms with Crippen LogP contribution in [0.5, 0.6) is 0 Å². The summed E-state index contributed by atoms with van der Waals surface area (Å²) in [5, 5.41) is 1.43. The molecule has 0 radical (unpaired) electrons. The van der Waals surface area contributed by atoms with E-state index in [-0.39, 0.29) is 17.8 Å². The van der Waals surface area contributed by atoms with E-state index >= 15 is 0 Å². The summed E-state index contributed by atoms with van der Waals surface area (Å²) in [4.78, 5) is 11.6. The molecule has 1 fully saturated rings. The molecule has 1 heterocycles. The largest absolute Gasteiger partial charge is 0.273 e. The summed E-state index contributed by atoms with van der Waals surface area (Å²) < 4.78 is 13.0. The van der Waals surface area contributed by atoms with E-state index in [9.17, 15) is 9.18 Å². The molecule has 1 N–H and O–H groups in total. The topological polar surface area (TPSA) is 32.3 Å². The number of halogens is 1. The quantitative estimate of drug-likeness (QED) is 0.804. The van der Waals surface area contributed by atoms with Crippen molar-refractivity contribution >= 4 is 11.6 Å². The van der Waals surface area contributed by atoms with Crippen molar-refractivity contribution in [1.82, 2.24) is 5.43 Å². The Morgan fingerprint density at radius 1 is 1.60 bits per heavy atom. The van der Waals surface area contributed by atoms with Crippen molar-refractivity contribution in [3.05, 3.63) is 30.1 Å². The molecule has 2 rings (SSSR count). The van der Waals surface area contributed by atoms with Crippen molar-refractivity contribution in [3.63, 3.8) is 0 Å². The molecule has 0 spiro atoms. The average molecular weight is 208 g/mol. The minimum absolute atomic E-state index is 0.00699. The van der Waals surface area contributed by atoms with Gasteiger partial charge in [0.05, 0.1) is 5.69 Å². The molecule has 1 saturated heterocycles. The number of carbonyl (C=O) groups is 1. The first-order valence-electron chi connectivity index (χ1n) is 5.05. The van der Waals surface area contributed by atoms with E-state index in [1.54, 1.807) is 12.1 Å². The summed E-state index contributed by atoms with van der Waals surface area (Å²) >= 11 is 0. The maximum Gasteiger partial charge on any atom is 0.243 e. The zero-order valence-corrected chi connectivity index (χ0v) is 8.53. The molecule has 15 heavy (non-hydrogen) atoms. The molecule has 0 bridgehead atoms. The highest BCUT2D eigenvalue weighted by Gasteiger charge is 2.28. The maximum atomic E-state index is 13.0. The monoisotopic (exact) mass is 208 g/mol. The van der Waals surface area contributed by atoms with Crippen LogP contribution < -0.4 is 10.4 Å². The maximum absolute atomic E-state index is 13.0. The summed E-state index contributed by atoms with van der Waals surface area (Å²) in [6.45, 7) is 2.01. The summed E-state index contributed by atoms with van der Waals surface area (Å²) in [6.07, 6.45) is 1.37. The summed E-state index contributed by atoms with van der Waals surface area (Å²) in [5.74, 6) is -0.338. The molecule has 0 aromatic heterocycles. The molecule has 1 aromatic rings. The SMILES string of the molecule is CCC1CC(=O)N(c2cccc(F)c2)N1. The van der Waals surface area contributed by atoms with Gasteiger partial charge in [0.15, 0.2) is 0 Å². The molecule has 4 heteroatoms. The van der Waals surface area contributed by atoms with Gasteiger partial charge >= 0.3 is 0 Å². The second-order valence-electron chi connectivity index (χ2n) is 3.65. The van der Waals surface area contributed by atoms with Crippen LogP contribution >= 0.6 is 0 Å². The standard InChI is InChI=1S/C11H13FN2O/c1-2-9-7-11(15)14(13-9)10-5-3-4-8(12)6-10/h3-6,9,13H,2,7H2,1H3. The van der Waals surface area contributed by atoms with Crippen LogP contribution in [0.15, 0.2) is 24.3 Å². The number of anilines is 1. The number of hydrogen-bond acceptors (Lipinski definition) is 2. The smallest absolute Gasteiger partial charge is 0.243 e. The minimum atomic E-state index is -0.331. The van der Waals surface area contributed by atoms with E-state index in [2.05, 4.69) is 5.43 Å². The van der Waals surface area contributed by atoms with Gasteiger partial charge in [-0.1, -0.05) is 13.0 Å². The normalized spacial score (nSPS) is 21.1. The van der Waals surface area contributed by atoms with Gasteiger partial charge in [0.2, 0.25) is 5.91 Å². The first-order valence-corrected chi connectivity index (χ1v) is 5.05. The molecular weight excluding hydrogens is 195 g/mol. The van der Waals surface area contributed by atoms with E-state index < -0.39 is 0 Å². The van der Waals surface area contributed by atoms with E-state index in [0.29, 0.717) is 12.1 Å². The molecule has 1 aromatic carbocycles. The zero-order chi connectivity index (χ0) is 10.8. The zero-order valence-electron chi connectivity index (χ0n) is 8.53. The fraction of sp³-hybridized carbons (Fsp3) is 0.364. The van der Waals surface area contributed by atoms with Gasteiger partial charge in [-0.2, -0.15) is 0 Å². The third kappa shape index (κ3) is 1.99. The van der Waals surface area contributed by atoms with Crippen LogP contribution in [0.2, 0.25) is 0 Å². The number of nitrogens with zero attached hydrogens (tertiary/aromatic N) is 1. The average Bonchev–Trinajstić information content (AvgIpc) is 2.60. The number of carbonyl (C=O) groups excluding carboxylic acids is 1. The Labute approximate surface area is 87.9 Å². The predicted octanol–water partition coefficient (Wildman–Crippen LogP) is 1.85. The molecule has 1 amide bonds. The lowest BCUT2D eigenvalue weighted by molar-refractivity contribution is -0.117. The Morgan fingerprint density at radius 2 is 2.40 bits per heavy atom. The van der Waals surface area contributed by atoms with Crippen LogP contribution in [0.4, 0.5) is 10.1 Å². The number of rotatable bonds is 2. The van der Waals surface area contributed by atoms with Crippen molar-refractivity contribution in [1.29, 1.82) is 0 Å². The van der Waals surface area contributed by atoms with Gasteiger partial charge in [-0.05, 0) is 24.6 Å². The van der Waals surface area contributed by atoms with Gasteiger partial charge in [-0.3, -0.25) is 4.79 Å². The lowest BCUT2D eigenvalue weighted by Gasteiger charge is -2.17. The highest BCUT2D eigenvalue weighted by Crippen LogP contribution is 2.20. The number of hydrogen-bond donors (Lipinski definition) is 1. The third-order valence-corrected chi connectivity index (χ3v) is 2.54. The number of amides is 1. The Bertz CT molecular complexity index is 381. The highest BCUT2D eigenvalue weighted by atomic mass is 19.1. The number of nitrogens with one attached hydrogen (secondary N) is 1. The molecule has 0 saturated carbocycles. The lowest BCUT2D eigenvalue weighted by Crippen LogP contribution is -2.37. The van der Waals surface area contributed by atoms with Crippen LogP contribution in [0.25, 0.3) is 0 Å². The van der Waals surface area contributed by atoms with Crippen LogP contribution in [0, 0.1) is 5.82 Å². The molecule has 1 aliphatic rings. The summed E-state index contributed by atoms with van der Waals surface area (Å²) in [5.41, 5.74) is 3.62. The Morgan fingerprint density at radius 3 is 3.00 bits per heavy atom. The van der Waals surface area contributed by atoms with Gasteiger partial charge in [0.1, 0.15) is 5.82 Å². The summed E-state index contributed by atoms with van der Waals surface area (Å²) in [7, 11) is 0. The van der Waals surface area contributed by atoms with E-state index in [0.717, 1.165) is 6.42 Å². The lowest BCUT2D eigenvalue weighted by atomic mass is 10.2.